The van der Waals surface area contributed by atoms with E-state index in [9.17, 15) is 26.4 Å². The lowest BCUT2D eigenvalue weighted by Gasteiger charge is -2.34. The molecule has 2 aromatic carbocycles. The first-order chi connectivity index (χ1) is 16.1. The number of amides is 1. The number of carbonyl (C=O) groups is 1. The van der Waals surface area contributed by atoms with Gasteiger partial charge in [0.25, 0.3) is 0 Å². The summed E-state index contributed by atoms with van der Waals surface area (Å²) in [5, 5.41) is 0.705. The third-order valence-electron chi connectivity index (χ3n) is 6.19. The first-order valence-electron chi connectivity index (χ1n) is 10.9. The predicted molar refractivity (Wildman–Crippen MR) is 127 cm³/mol. The summed E-state index contributed by atoms with van der Waals surface area (Å²) in [6, 6.07) is 8.15. The molecule has 35 heavy (non-hydrogen) atoms. The second-order valence-electron chi connectivity index (χ2n) is 9.37. The number of benzene rings is 2. The quantitative estimate of drug-likeness (QED) is 0.439. The number of alkyl halides is 3. The lowest BCUT2D eigenvalue weighted by Crippen LogP contribution is -2.46. The van der Waals surface area contributed by atoms with E-state index in [2.05, 4.69) is 0 Å². The second-order valence-corrected chi connectivity index (χ2v) is 11.3. The molecule has 0 aliphatic heterocycles. The van der Waals surface area contributed by atoms with Gasteiger partial charge in [0.2, 0.25) is 9.84 Å². The zero-order valence-corrected chi connectivity index (χ0v) is 21.3. The number of fused-ring (bicyclic) bond motifs is 1. The number of carbonyl (C=O) groups excluding carboxylic acids is 1. The Bertz CT molecular complexity index is 1350. The van der Waals surface area contributed by atoms with Crippen LogP contribution in [0.1, 0.15) is 37.6 Å². The van der Waals surface area contributed by atoms with E-state index >= 15 is 0 Å². The predicted octanol–water partition coefficient (Wildman–Crippen LogP) is 5.75. The highest BCUT2D eigenvalue weighted by molar-refractivity contribution is 7.91. The zero-order valence-electron chi connectivity index (χ0n) is 20.5. The monoisotopic (exact) mass is 510 g/mol. The Kier molecular flexibility index (Phi) is 7.00. The summed E-state index contributed by atoms with van der Waals surface area (Å²) in [6.45, 7) is 7.96. The van der Waals surface area contributed by atoms with E-state index in [-0.39, 0.29) is 9.79 Å². The van der Waals surface area contributed by atoms with E-state index in [1.165, 1.54) is 13.2 Å². The number of nitrogens with zero attached hydrogens (tertiary/aromatic N) is 2. The first-order valence-corrected chi connectivity index (χ1v) is 12.4. The SMILES string of the molecule is COC(=O)N(CCc1c(C)n(C)c2ccc(S(=O)(=O)c3ccc(C(F)(F)F)cc3)cc12)C(C)(C)C. The van der Waals surface area contributed by atoms with E-state index in [0.717, 1.165) is 41.0 Å². The summed E-state index contributed by atoms with van der Waals surface area (Å²) in [7, 11) is -0.856. The number of hydrogen-bond acceptors (Lipinski definition) is 4. The molecule has 0 N–H and O–H groups in total. The Morgan fingerprint density at radius 2 is 1.60 bits per heavy atom. The van der Waals surface area contributed by atoms with Gasteiger partial charge in [0.1, 0.15) is 0 Å². The Morgan fingerprint density at radius 3 is 2.11 bits per heavy atom. The van der Waals surface area contributed by atoms with Gasteiger partial charge in [-0.2, -0.15) is 13.2 Å². The van der Waals surface area contributed by atoms with Crippen molar-refractivity contribution in [2.24, 2.45) is 7.05 Å². The molecule has 0 radical (unpaired) electrons. The van der Waals surface area contributed by atoms with Crippen LogP contribution < -0.4 is 0 Å². The topological polar surface area (TPSA) is 68.6 Å². The highest BCUT2D eigenvalue weighted by Crippen LogP contribution is 2.33. The maximum atomic E-state index is 13.2. The highest BCUT2D eigenvalue weighted by Gasteiger charge is 2.31. The van der Waals surface area contributed by atoms with Crippen molar-refractivity contribution in [3.8, 4) is 0 Å². The summed E-state index contributed by atoms with van der Waals surface area (Å²) in [6.07, 6.45) is -4.55. The van der Waals surface area contributed by atoms with Crippen LogP contribution in [0.25, 0.3) is 10.9 Å². The van der Waals surface area contributed by atoms with Crippen molar-refractivity contribution in [2.75, 3.05) is 13.7 Å². The van der Waals surface area contributed by atoms with Gasteiger partial charge in [-0.15, -0.1) is 0 Å². The number of ether oxygens (including phenoxy) is 1. The number of aromatic nitrogens is 1. The molecule has 1 amide bonds. The van der Waals surface area contributed by atoms with Crippen LogP contribution >= 0.6 is 0 Å². The van der Waals surface area contributed by atoms with E-state index in [1.807, 2.05) is 39.3 Å². The van der Waals surface area contributed by atoms with Crippen LogP contribution in [0.3, 0.4) is 0 Å². The number of aryl methyl sites for hydroxylation is 1. The normalized spacial score (nSPS) is 12.7. The summed E-state index contributed by atoms with van der Waals surface area (Å²) in [5.41, 5.74) is 1.21. The molecule has 1 aromatic heterocycles. The van der Waals surface area contributed by atoms with Gasteiger partial charge in [-0.05, 0) is 82.1 Å². The molecule has 0 aliphatic rings. The number of rotatable bonds is 5. The minimum atomic E-state index is -4.55. The molecule has 0 fully saturated rings. The fourth-order valence-electron chi connectivity index (χ4n) is 4.10. The molecule has 0 saturated heterocycles. The average molecular weight is 511 g/mol. The third-order valence-corrected chi connectivity index (χ3v) is 7.95. The molecule has 0 atom stereocenters. The van der Waals surface area contributed by atoms with Gasteiger partial charge >= 0.3 is 12.3 Å². The number of halogens is 3. The van der Waals surface area contributed by atoms with Crippen molar-refractivity contribution < 1.29 is 31.1 Å². The van der Waals surface area contributed by atoms with E-state index in [4.69, 9.17) is 4.74 Å². The number of methoxy groups -OCH3 is 1. The third kappa shape index (κ3) is 5.17. The van der Waals surface area contributed by atoms with Crippen molar-refractivity contribution in [3.05, 3.63) is 59.3 Å². The van der Waals surface area contributed by atoms with Gasteiger partial charge in [-0.25, -0.2) is 13.2 Å². The van der Waals surface area contributed by atoms with Crippen LogP contribution in [-0.4, -0.2) is 43.2 Å². The van der Waals surface area contributed by atoms with Crippen LogP contribution in [0.5, 0.6) is 0 Å². The van der Waals surface area contributed by atoms with Crippen molar-refractivity contribution in [1.82, 2.24) is 9.47 Å². The van der Waals surface area contributed by atoms with Crippen LogP contribution in [0.15, 0.2) is 52.3 Å². The Morgan fingerprint density at radius 1 is 1.03 bits per heavy atom. The Balaban J connectivity index is 2.03. The summed E-state index contributed by atoms with van der Waals surface area (Å²) in [4.78, 5) is 13.7. The van der Waals surface area contributed by atoms with E-state index in [1.54, 1.807) is 17.0 Å². The Hall–Kier alpha value is -3.01. The molecule has 10 heteroatoms. The van der Waals surface area contributed by atoms with E-state index in [0.29, 0.717) is 18.4 Å². The first kappa shape index (κ1) is 26.6. The molecule has 190 valence electrons. The molecule has 1 heterocycles. The van der Waals surface area contributed by atoms with Gasteiger partial charge in [0.15, 0.2) is 0 Å². The minimum absolute atomic E-state index is 0.0164. The Labute approximate surface area is 203 Å². The highest BCUT2D eigenvalue weighted by atomic mass is 32.2. The van der Waals surface area contributed by atoms with Crippen molar-refractivity contribution >= 4 is 26.8 Å². The molecule has 3 aromatic rings. The molecule has 0 bridgehead atoms. The number of sulfone groups is 1. The molecule has 0 spiro atoms. The standard InChI is InChI=1S/C25H29F3N2O4S/c1-16-20(13-14-30(23(31)34-6)24(2,3)4)21-15-19(11-12-22(21)29(16)5)35(32,33)18-9-7-17(8-10-18)25(26,27)28/h7-12,15H,13-14H2,1-6H3. The van der Waals surface area contributed by atoms with Gasteiger partial charge < -0.3 is 14.2 Å². The van der Waals surface area contributed by atoms with Gasteiger partial charge in [0.05, 0.1) is 22.5 Å². The van der Waals surface area contributed by atoms with Crippen molar-refractivity contribution in [3.63, 3.8) is 0 Å². The van der Waals surface area contributed by atoms with Crippen molar-refractivity contribution in [2.45, 2.75) is 55.6 Å². The average Bonchev–Trinajstić information content (AvgIpc) is 3.01. The van der Waals surface area contributed by atoms with Crippen LogP contribution in [-0.2, 0) is 34.2 Å². The van der Waals surface area contributed by atoms with Gasteiger partial charge in [-0.3, -0.25) is 0 Å². The number of hydrogen-bond donors (Lipinski definition) is 0. The summed E-state index contributed by atoms with van der Waals surface area (Å²) in [5.74, 6) is 0. The molecular formula is C25H29F3N2O4S. The fraction of sp³-hybridized carbons (Fsp3) is 0.400. The van der Waals surface area contributed by atoms with E-state index < -0.39 is 33.2 Å². The summed E-state index contributed by atoms with van der Waals surface area (Å²) >= 11 is 0. The molecule has 3 rings (SSSR count). The largest absolute Gasteiger partial charge is 0.453 e. The zero-order chi connectivity index (χ0) is 26.3. The van der Waals surface area contributed by atoms with Gasteiger partial charge in [-0.1, -0.05) is 0 Å². The van der Waals surface area contributed by atoms with Crippen LogP contribution in [0.2, 0.25) is 0 Å². The molecule has 6 nitrogen and oxygen atoms in total. The lowest BCUT2D eigenvalue weighted by atomic mass is 10.0. The molecule has 0 saturated carbocycles. The minimum Gasteiger partial charge on any atom is -0.453 e. The molecular weight excluding hydrogens is 481 g/mol. The second kappa shape index (κ2) is 9.22. The van der Waals surface area contributed by atoms with Crippen LogP contribution in [0, 0.1) is 6.92 Å². The van der Waals surface area contributed by atoms with Crippen molar-refractivity contribution in [1.29, 1.82) is 0 Å². The molecule has 0 aliphatic carbocycles. The fourth-order valence-corrected chi connectivity index (χ4v) is 5.39. The maximum Gasteiger partial charge on any atom is 0.416 e. The smallest absolute Gasteiger partial charge is 0.416 e. The van der Waals surface area contributed by atoms with Gasteiger partial charge in [0, 0.05) is 35.7 Å². The summed E-state index contributed by atoms with van der Waals surface area (Å²) < 4.78 is 72.0. The molecule has 0 unspecified atom stereocenters. The maximum absolute atomic E-state index is 13.2. The van der Waals surface area contributed by atoms with Crippen LogP contribution in [0.4, 0.5) is 18.0 Å². The lowest BCUT2D eigenvalue weighted by molar-refractivity contribution is -0.137.